The summed E-state index contributed by atoms with van der Waals surface area (Å²) in [5.41, 5.74) is -1.07. The highest BCUT2D eigenvalue weighted by Gasteiger charge is 2.45. The molecule has 7 heteroatoms. The van der Waals surface area contributed by atoms with Crippen LogP contribution in [0, 0.1) is 0 Å². The average molecular weight is 520 g/mol. The summed E-state index contributed by atoms with van der Waals surface area (Å²) in [6.45, 7) is 19.2. The SMILES string of the molecule is CC=CCC(CCCO[Si](CC)(CC)C(C)(C)C)(NC(=O)OCc1ccccc1)C(=O)OC(C)(C)C. The number of esters is 1. The molecule has 0 radical (unpaired) electrons. The van der Waals surface area contributed by atoms with Crippen molar-refractivity contribution in [2.75, 3.05) is 6.61 Å². The van der Waals surface area contributed by atoms with Crippen LogP contribution in [0.5, 0.6) is 0 Å². The molecule has 1 N–H and O–H groups in total. The van der Waals surface area contributed by atoms with Crippen LogP contribution >= 0.6 is 0 Å². The maximum Gasteiger partial charge on any atom is 0.408 e. The zero-order chi connectivity index (χ0) is 27.5. The molecule has 0 bridgehead atoms. The first-order valence-corrected chi connectivity index (χ1v) is 15.5. The Morgan fingerprint density at radius 2 is 1.61 bits per heavy atom. The number of carbonyl (C=O) groups is 2. The molecule has 0 aliphatic heterocycles. The van der Waals surface area contributed by atoms with E-state index in [-0.39, 0.29) is 11.6 Å². The molecule has 0 spiro atoms. The highest BCUT2D eigenvalue weighted by atomic mass is 28.4. The smallest absolute Gasteiger partial charge is 0.408 e. The van der Waals surface area contributed by atoms with Gasteiger partial charge >= 0.3 is 12.1 Å². The summed E-state index contributed by atoms with van der Waals surface area (Å²) >= 11 is 0. The monoisotopic (exact) mass is 519 g/mol. The number of rotatable bonds is 13. The van der Waals surface area contributed by atoms with Crippen LogP contribution in [-0.2, 0) is 25.3 Å². The van der Waals surface area contributed by atoms with E-state index >= 15 is 0 Å². The number of carbonyl (C=O) groups excluding carboxylic acids is 2. The molecule has 1 rings (SSSR count). The normalized spacial score (nSPS) is 14.4. The third-order valence-electron chi connectivity index (χ3n) is 6.68. The van der Waals surface area contributed by atoms with Crippen LogP contribution in [0.25, 0.3) is 0 Å². The maximum absolute atomic E-state index is 13.5. The fourth-order valence-electron chi connectivity index (χ4n) is 4.47. The summed E-state index contributed by atoms with van der Waals surface area (Å²) in [5, 5.41) is 3.00. The van der Waals surface area contributed by atoms with Gasteiger partial charge in [-0.25, -0.2) is 9.59 Å². The Morgan fingerprint density at radius 1 is 1.00 bits per heavy atom. The molecule has 36 heavy (non-hydrogen) atoms. The van der Waals surface area contributed by atoms with E-state index in [0.29, 0.717) is 25.9 Å². The third kappa shape index (κ3) is 9.73. The highest BCUT2D eigenvalue weighted by molar-refractivity contribution is 6.76. The second kappa shape index (κ2) is 14.0. The Morgan fingerprint density at radius 3 is 2.11 bits per heavy atom. The number of ether oxygens (including phenoxy) is 2. The van der Waals surface area contributed by atoms with E-state index in [0.717, 1.165) is 17.7 Å². The second-order valence-corrected chi connectivity index (χ2v) is 16.6. The molecule has 1 unspecified atom stereocenters. The number of allylic oxidation sites excluding steroid dienone is 1. The lowest BCUT2D eigenvalue weighted by molar-refractivity contribution is -0.163. The molecule has 1 aromatic carbocycles. The fraction of sp³-hybridized carbons (Fsp3) is 0.655. The fourth-order valence-corrected chi connectivity index (χ4v) is 8.47. The Balaban J connectivity index is 3.09. The van der Waals surface area contributed by atoms with Gasteiger partial charge < -0.3 is 19.2 Å². The van der Waals surface area contributed by atoms with Crippen molar-refractivity contribution in [1.82, 2.24) is 5.32 Å². The van der Waals surface area contributed by atoms with Crippen molar-refractivity contribution in [1.29, 1.82) is 0 Å². The molecule has 0 saturated carbocycles. The van der Waals surface area contributed by atoms with E-state index in [1.165, 1.54) is 0 Å². The number of hydrogen-bond donors (Lipinski definition) is 1. The first-order chi connectivity index (χ1) is 16.7. The molecule has 0 aliphatic rings. The first-order valence-electron chi connectivity index (χ1n) is 13.2. The molecule has 0 aromatic heterocycles. The quantitative estimate of drug-likeness (QED) is 0.126. The lowest BCUT2D eigenvalue weighted by Crippen LogP contribution is -2.56. The first kappa shape index (κ1) is 31.9. The second-order valence-electron chi connectivity index (χ2n) is 11.4. The van der Waals surface area contributed by atoms with Crippen LogP contribution < -0.4 is 5.32 Å². The van der Waals surface area contributed by atoms with Crippen molar-refractivity contribution < 1.29 is 23.5 Å². The minimum atomic E-state index is -1.96. The summed E-state index contributed by atoms with van der Waals surface area (Å²) in [6, 6.07) is 11.5. The van der Waals surface area contributed by atoms with Crippen LogP contribution in [0.15, 0.2) is 42.5 Å². The van der Waals surface area contributed by atoms with Crippen LogP contribution in [0.3, 0.4) is 0 Å². The predicted octanol–water partition coefficient (Wildman–Crippen LogP) is 7.54. The number of amides is 1. The standard InChI is InChI=1S/C29H49NO5Si/c1-10-13-20-29(25(31)35-27(4,5)6,30-26(32)33-23-24-18-15-14-16-19-24)21-17-22-34-36(11-2,12-3)28(7,8)9/h10,13-16,18-19H,11-12,17,20-23H2,1-9H3,(H,30,32). The van der Waals surface area contributed by atoms with E-state index in [9.17, 15) is 9.59 Å². The average Bonchev–Trinajstić information content (AvgIpc) is 2.80. The van der Waals surface area contributed by atoms with Gasteiger partial charge in [0.1, 0.15) is 17.7 Å². The summed E-state index contributed by atoms with van der Waals surface area (Å²) < 4.78 is 17.9. The van der Waals surface area contributed by atoms with Crippen molar-refractivity contribution >= 4 is 20.4 Å². The number of hydrogen-bond acceptors (Lipinski definition) is 5. The molecule has 1 atom stereocenters. The van der Waals surface area contributed by atoms with Crippen molar-refractivity contribution in [3.05, 3.63) is 48.0 Å². The summed E-state index contributed by atoms with van der Waals surface area (Å²) in [4.78, 5) is 26.4. The Bertz CT molecular complexity index is 837. The van der Waals surface area contributed by atoms with Gasteiger partial charge in [0, 0.05) is 6.61 Å². The molecule has 0 saturated heterocycles. The largest absolute Gasteiger partial charge is 0.458 e. The van der Waals surface area contributed by atoms with Crippen molar-refractivity contribution in [2.24, 2.45) is 0 Å². The molecule has 6 nitrogen and oxygen atoms in total. The van der Waals surface area contributed by atoms with Crippen LogP contribution in [0.4, 0.5) is 4.79 Å². The van der Waals surface area contributed by atoms with E-state index in [1.807, 2.05) is 70.2 Å². The molecule has 204 valence electrons. The zero-order valence-corrected chi connectivity index (χ0v) is 25.0. The van der Waals surface area contributed by atoms with Crippen LogP contribution in [-0.4, -0.2) is 38.1 Å². The van der Waals surface area contributed by atoms with Gasteiger partial charge in [-0.3, -0.25) is 0 Å². The van der Waals surface area contributed by atoms with Gasteiger partial charge in [0.2, 0.25) is 0 Å². The lowest BCUT2D eigenvalue weighted by Gasteiger charge is -2.41. The molecule has 0 fully saturated rings. The summed E-state index contributed by atoms with van der Waals surface area (Å²) in [5.74, 6) is -0.463. The van der Waals surface area contributed by atoms with Crippen LogP contribution in [0.1, 0.15) is 87.1 Å². The topological polar surface area (TPSA) is 73.9 Å². The predicted molar refractivity (Wildman–Crippen MR) is 149 cm³/mol. The Kier molecular flexibility index (Phi) is 12.4. The number of alkyl carbamates (subject to hydrolysis) is 1. The zero-order valence-electron chi connectivity index (χ0n) is 24.0. The third-order valence-corrected chi connectivity index (χ3v) is 12.5. The van der Waals surface area contributed by atoms with Gasteiger partial charge in [-0.1, -0.05) is 77.1 Å². The van der Waals surface area contributed by atoms with Gasteiger partial charge in [-0.15, -0.1) is 0 Å². The molecular weight excluding hydrogens is 470 g/mol. The molecule has 1 amide bonds. The van der Waals surface area contributed by atoms with Crippen molar-refractivity contribution in [3.8, 4) is 0 Å². The maximum atomic E-state index is 13.5. The minimum Gasteiger partial charge on any atom is -0.458 e. The van der Waals surface area contributed by atoms with E-state index in [1.54, 1.807) is 0 Å². The van der Waals surface area contributed by atoms with Gasteiger partial charge in [0.15, 0.2) is 8.32 Å². The highest BCUT2D eigenvalue weighted by Crippen LogP contribution is 2.42. The number of benzene rings is 1. The summed E-state index contributed by atoms with van der Waals surface area (Å²) in [6.07, 6.45) is 4.42. The van der Waals surface area contributed by atoms with E-state index in [4.69, 9.17) is 13.9 Å². The summed E-state index contributed by atoms with van der Waals surface area (Å²) in [7, 11) is -1.96. The van der Waals surface area contributed by atoms with Gasteiger partial charge in [0.25, 0.3) is 0 Å². The molecule has 1 aromatic rings. The Labute approximate surface area is 220 Å². The van der Waals surface area contributed by atoms with Crippen molar-refractivity contribution in [2.45, 2.75) is 116 Å². The van der Waals surface area contributed by atoms with Crippen molar-refractivity contribution in [3.63, 3.8) is 0 Å². The number of nitrogens with one attached hydrogen (secondary N) is 1. The van der Waals surface area contributed by atoms with Gasteiger partial charge in [-0.2, -0.15) is 0 Å². The minimum absolute atomic E-state index is 0.114. The van der Waals surface area contributed by atoms with Crippen LogP contribution in [0.2, 0.25) is 17.1 Å². The molecular formula is C29H49NO5Si. The van der Waals surface area contributed by atoms with Gasteiger partial charge in [0.05, 0.1) is 0 Å². The molecule has 0 heterocycles. The Hall–Kier alpha value is -2.12. The van der Waals surface area contributed by atoms with E-state index in [2.05, 4.69) is 39.9 Å². The van der Waals surface area contributed by atoms with E-state index < -0.39 is 31.5 Å². The lowest BCUT2D eigenvalue weighted by atomic mass is 9.89. The molecule has 0 aliphatic carbocycles. The van der Waals surface area contributed by atoms with Gasteiger partial charge in [-0.05, 0) is 69.6 Å².